The zero-order valence-corrected chi connectivity index (χ0v) is 5.82. The number of aliphatic hydroxyl groups is 2. The molecule has 0 amide bonds. The van der Waals surface area contributed by atoms with Crippen LogP contribution in [0, 0.1) is 0 Å². The van der Waals surface area contributed by atoms with Gasteiger partial charge in [-0.05, 0) is 6.92 Å². The van der Waals surface area contributed by atoms with E-state index < -0.39 is 0 Å². The van der Waals surface area contributed by atoms with E-state index in [1.54, 1.807) is 18.7 Å². The lowest BCUT2D eigenvalue weighted by Crippen LogP contribution is -2.03. The highest BCUT2D eigenvalue weighted by Gasteiger charge is 1.92. The Hall–Kier alpha value is 0.270. The molecule has 3 heteroatoms. The van der Waals surface area contributed by atoms with Gasteiger partial charge in [0.1, 0.15) is 0 Å². The van der Waals surface area contributed by atoms with Crippen molar-refractivity contribution in [2.75, 3.05) is 18.1 Å². The van der Waals surface area contributed by atoms with Crippen molar-refractivity contribution < 1.29 is 10.2 Å². The molecular weight excluding hydrogens is 124 g/mol. The molecule has 8 heavy (non-hydrogen) atoms. The normalized spacial score (nSPS) is 13.9. The summed E-state index contributed by atoms with van der Waals surface area (Å²) >= 11 is 1.56. The van der Waals surface area contributed by atoms with Crippen molar-refractivity contribution in [1.29, 1.82) is 0 Å². The van der Waals surface area contributed by atoms with Gasteiger partial charge >= 0.3 is 0 Å². The molecule has 0 heterocycles. The van der Waals surface area contributed by atoms with Gasteiger partial charge in [0.25, 0.3) is 0 Å². The summed E-state index contributed by atoms with van der Waals surface area (Å²) in [5.74, 6) is 1.45. The molecule has 0 aliphatic heterocycles. The lowest BCUT2D eigenvalue weighted by molar-refractivity contribution is 0.220. The topological polar surface area (TPSA) is 40.5 Å². The van der Waals surface area contributed by atoms with Gasteiger partial charge in [-0.25, -0.2) is 0 Å². The Balaban J connectivity index is 2.72. The standard InChI is InChI=1S/C5H12O2S/c1-5(7)4-8-3-2-6/h5-7H,2-4H2,1H3/t5-/m0/s1. The predicted molar refractivity (Wildman–Crippen MR) is 36.1 cm³/mol. The number of aliphatic hydroxyl groups excluding tert-OH is 2. The van der Waals surface area contributed by atoms with Crippen LogP contribution in [0.25, 0.3) is 0 Å². The van der Waals surface area contributed by atoms with Crippen LogP contribution >= 0.6 is 11.8 Å². The summed E-state index contributed by atoms with van der Waals surface area (Å²) in [6, 6.07) is 0. The Bertz CT molecular complexity index is 47.7. The van der Waals surface area contributed by atoms with Crippen molar-refractivity contribution in [3.63, 3.8) is 0 Å². The molecule has 0 aromatic heterocycles. The van der Waals surface area contributed by atoms with Crippen molar-refractivity contribution in [2.24, 2.45) is 0 Å². The first-order valence-corrected chi connectivity index (χ1v) is 3.79. The van der Waals surface area contributed by atoms with Gasteiger partial charge in [0, 0.05) is 11.5 Å². The highest BCUT2D eigenvalue weighted by atomic mass is 32.2. The summed E-state index contributed by atoms with van der Waals surface area (Å²) in [6.45, 7) is 1.95. The zero-order valence-electron chi connectivity index (χ0n) is 5.00. The quantitative estimate of drug-likeness (QED) is 0.538. The molecule has 0 radical (unpaired) electrons. The van der Waals surface area contributed by atoms with E-state index in [0.717, 1.165) is 11.5 Å². The molecule has 0 saturated heterocycles. The molecule has 0 aromatic rings. The lowest BCUT2D eigenvalue weighted by Gasteiger charge is -1.99. The smallest absolute Gasteiger partial charge is 0.0602 e. The molecule has 2 N–H and O–H groups in total. The van der Waals surface area contributed by atoms with Crippen LogP contribution in [0.15, 0.2) is 0 Å². The Morgan fingerprint density at radius 2 is 2.25 bits per heavy atom. The Morgan fingerprint density at radius 3 is 2.62 bits per heavy atom. The van der Waals surface area contributed by atoms with Crippen molar-refractivity contribution in [1.82, 2.24) is 0 Å². The van der Waals surface area contributed by atoms with Crippen LogP contribution in [0.2, 0.25) is 0 Å². The van der Waals surface area contributed by atoms with E-state index in [4.69, 9.17) is 10.2 Å². The van der Waals surface area contributed by atoms with Crippen molar-refractivity contribution in [3.05, 3.63) is 0 Å². The van der Waals surface area contributed by atoms with Gasteiger partial charge in [-0.2, -0.15) is 11.8 Å². The lowest BCUT2D eigenvalue weighted by atomic mass is 10.5. The van der Waals surface area contributed by atoms with Crippen molar-refractivity contribution >= 4 is 11.8 Å². The summed E-state index contributed by atoms with van der Waals surface area (Å²) in [6.07, 6.45) is -0.244. The molecule has 0 rings (SSSR count). The fourth-order valence-corrected chi connectivity index (χ4v) is 0.955. The van der Waals surface area contributed by atoms with Gasteiger partial charge in [-0.1, -0.05) is 0 Å². The molecule has 0 unspecified atom stereocenters. The predicted octanol–water partition coefficient (Wildman–Crippen LogP) is 0.0927. The highest BCUT2D eigenvalue weighted by molar-refractivity contribution is 7.99. The third kappa shape index (κ3) is 6.27. The van der Waals surface area contributed by atoms with Gasteiger partial charge in [0.2, 0.25) is 0 Å². The molecule has 0 aliphatic carbocycles. The molecule has 0 fully saturated rings. The fourth-order valence-electron chi connectivity index (χ4n) is 0.318. The molecule has 2 nitrogen and oxygen atoms in total. The minimum absolute atomic E-state index is 0.206. The maximum atomic E-state index is 8.68. The molecular formula is C5H12O2S. The van der Waals surface area contributed by atoms with E-state index in [1.165, 1.54) is 0 Å². The van der Waals surface area contributed by atoms with E-state index in [-0.39, 0.29) is 12.7 Å². The van der Waals surface area contributed by atoms with E-state index in [1.807, 2.05) is 0 Å². The number of hydrogen-bond donors (Lipinski definition) is 2. The maximum Gasteiger partial charge on any atom is 0.0602 e. The minimum Gasteiger partial charge on any atom is -0.396 e. The molecule has 1 atom stereocenters. The van der Waals surface area contributed by atoms with Crippen LogP contribution in [0.3, 0.4) is 0 Å². The Kier molecular flexibility index (Phi) is 5.59. The van der Waals surface area contributed by atoms with Gasteiger partial charge in [-0.15, -0.1) is 0 Å². The van der Waals surface area contributed by atoms with Crippen LogP contribution in [-0.4, -0.2) is 34.4 Å². The second kappa shape index (κ2) is 5.41. The largest absolute Gasteiger partial charge is 0.396 e. The average molecular weight is 136 g/mol. The summed E-state index contributed by atoms with van der Waals surface area (Å²) in [4.78, 5) is 0. The SMILES string of the molecule is C[C@H](O)CSCCO. The Labute approximate surface area is 53.9 Å². The molecule has 0 spiro atoms. The van der Waals surface area contributed by atoms with Crippen LogP contribution in [0.4, 0.5) is 0 Å². The summed E-state index contributed by atoms with van der Waals surface area (Å²) in [5.41, 5.74) is 0. The summed E-state index contributed by atoms with van der Waals surface area (Å²) in [5, 5.41) is 17.0. The Morgan fingerprint density at radius 1 is 1.62 bits per heavy atom. The zero-order chi connectivity index (χ0) is 6.41. The van der Waals surface area contributed by atoms with Crippen molar-refractivity contribution in [2.45, 2.75) is 13.0 Å². The molecule has 0 saturated carbocycles. The van der Waals surface area contributed by atoms with Gasteiger partial charge in [0.05, 0.1) is 12.7 Å². The third-order valence-corrected chi connectivity index (χ3v) is 1.78. The minimum atomic E-state index is -0.244. The molecule has 0 aliphatic rings. The first kappa shape index (κ1) is 8.27. The second-order valence-electron chi connectivity index (χ2n) is 1.65. The van der Waals surface area contributed by atoms with Gasteiger partial charge in [0.15, 0.2) is 0 Å². The fraction of sp³-hybridized carbons (Fsp3) is 1.00. The van der Waals surface area contributed by atoms with Crippen molar-refractivity contribution in [3.8, 4) is 0 Å². The van der Waals surface area contributed by atoms with Crippen LogP contribution < -0.4 is 0 Å². The van der Waals surface area contributed by atoms with E-state index in [9.17, 15) is 0 Å². The number of thioether (sulfide) groups is 1. The van der Waals surface area contributed by atoms with Crippen LogP contribution in [-0.2, 0) is 0 Å². The second-order valence-corrected chi connectivity index (χ2v) is 2.80. The average Bonchev–Trinajstić information content (AvgIpc) is 1.66. The highest BCUT2D eigenvalue weighted by Crippen LogP contribution is 1.99. The monoisotopic (exact) mass is 136 g/mol. The van der Waals surface area contributed by atoms with E-state index >= 15 is 0 Å². The number of rotatable bonds is 4. The first-order valence-electron chi connectivity index (χ1n) is 2.64. The third-order valence-electron chi connectivity index (χ3n) is 0.595. The van der Waals surface area contributed by atoms with Gasteiger partial charge < -0.3 is 10.2 Å². The van der Waals surface area contributed by atoms with Crippen LogP contribution in [0.1, 0.15) is 6.92 Å². The van der Waals surface area contributed by atoms with E-state index in [0.29, 0.717) is 0 Å². The maximum absolute atomic E-state index is 8.68. The molecule has 0 bridgehead atoms. The molecule has 0 aromatic carbocycles. The first-order chi connectivity index (χ1) is 3.77. The van der Waals surface area contributed by atoms with E-state index in [2.05, 4.69) is 0 Å². The summed E-state index contributed by atoms with van der Waals surface area (Å²) < 4.78 is 0. The summed E-state index contributed by atoms with van der Waals surface area (Å²) in [7, 11) is 0. The number of hydrogen-bond acceptors (Lipinski definition) is 3. The molecule has 50 valence electrons. The van der Waals surface area contributed by atoms with Gasteiger partial charge in [-0.3, -0.25) is 0 Å². The van der Waals surface area contributed by atoms with Crippen LogP contribution in [0.5, 0.6) is 0 Å².